The molecule has 18 heavy (non-hydrogen) atoms. The van der Waals surface area contributed by atoms with E-state index in [1.807, 2.05) is 0 Å². The van der Waals surface area contributed by atoms with Crippen molar-refractivity contribution in [3.8, 4) is 0 Å². The molecule has 1 aliphatic carbocycles. The van der Waals surface area contributed by atoms with Crippen molar-refractivity contribution in [3.63, 3.8) is 0 Å². The van der Waals surface area contributed by atoms with Crippen LogP contribution in [0.25, 0.3) is 0 Å². The van der Waals surface area contributed by atoms with Crippen LogP contribution in [-0.4, -0.2) is 23.7 Å². The van der Waals surface area contributed by atoms with Crippen molar-refractivity contribution in [2.24, 2.45) is 5.84 Å². The molecule has 1 heterocycles. The van der Waals surface area contributed by atoms with Gasteiger partial charge in [-0.05, 0) is 26.7 Å². The van der Waals surface area contributed by atoms with E-state index in [4.69, 9.17) is 10.6 Å². The Morgan fingerprint density at radius 3 is 2.56 bits per heavy atom. The van der Waals surface area contributed by atoms with Gasteiger partial charge in [0.2, 0.25) is 0 Å². The first-order valence-corrected chi connectivity index (χ1v) is 7.37. The zero-order valence-electron chi connectivity index (χ0n) is 11.5. The Bertz CT molecular complexity index is 379. The van der Waals surface area contributed by atoms with Gasteiger partial charge in [-0.3, -0.25) is 11.3 Å². The SMILES string of the molecule is COC1(C(Cc2nc(C)c(C)s2)NN)CCCC1. The second kappa shape index (κ2) is 5.65. The van der Waals surface area contributed by atoms with Crippen LogP contribution in [0.2, 0.25) is 0 Å². The zero-order chi connectivity index (χ0) is 13.2. The molecule has 102 valence electrons. The molecule has 0 saturated heterocycles. The molecular formula is C13H23N3OS. The van der Waals surface area contributed by atoms with Crippen molar-refractivity contribution < 1.29 is 4.74 Å². The summed E-state index contributed by atoms with van der Waals surface area (Å²) in [6, 6.07) is 0.148. The molecule has 1 aliphatic rings. The molecule has 1 fully saturated rings. The van der Waals surface area contributed by atoms with Crippen molar-refractivity contribution in [1.29, 1.82) is 0 Å². The van der Waals surface area contributed by atoms with Crippen LogP contribution in [-0.2, 0) is 11.2 Å². The Labute approximate surface area is 113 Å². The van der Waals surface area contributed by atoms with Gasteiger partial charge >= 0.3 is 0 Å². The number of methoxy groups -OCH3 is 1. The molecule has 0 spiro atoms. The second-order valence-corrected chi connectivity index (χ2v) is 6.44. The van der Waals surface area contributed by atoms with Gasteiger partial charge in [0.15, 0.2) is 0 Å². The third-order valence-corrected chi connectivity index (χ3v) is 5.24. The molecule has 4 nitrogen and oxygen atoms in total. The van der Waals surface area contributed by atoms with Gasteiger partial charge in [0.05, 0.1) is 22.3 Å². The largest absolute Gasteiger partial charge is 0.377 e. The first kappa shape index (κ1) is 13.9. The molecule has 0 aromatic carbocycles. The van der Waals surface area contributed by atoms with Gasteiger partial charge in [0, 0.05) is 18.4 Å². The fourth-order valence-electron chi connectivity index (χ4n) is 2.87. The lowest BCUT2D eigenvalue weighted by Crippen LogP contribution is -2.54. The van der Waals surface area contributed by atoms with E-state index in [1.54, 1.807) is 18.4 Å². The van der Waals surface area contributed by atoms with E-state index in [-0.39, 0.29) is 11.6 Å². The molecule has 1 aromatic heterocycles. The van der Waals surface area contributed by atoms with Gasteiger partial charge < -0.3 is 4.74 Å². The number of hydrazine groups is 1. The Balaban J connectivity index is 2.13. The Hall–Kier alpha value is -0.490. The van der Waals surface area contributed by atoms with E-state index in [9.17, 15) is 0 Å². The minimum Gasteiger partial charge on any atom is -0.377 e. The summed E-state index contributed by atoms with van der Waals surface area (Å²) >= 11 is 1.76. The summed E-state index contributed by atoms with van der Waals surface area (Å²) in [5.74, 6) is 5.75. The fraction of sp³-hybridized carbons (Fsp3) is 0.769. The Kier molecular flexibility index (Phi) is 4.37. The van der Waals surface area contributed by atoms with Crippen LogP contribution in [0.1, 0.15) is 41.3 Å². The molecule has 1 unspecified atom stereocenters. The van der Waals surface area contributed by atoms with Gasteiger partial charge in [-0.1, -0.05) is 12.8 Å². The summed E-state index contributed by atoms with van der Waals surface area (Å²) in [5.41, 5.74) is 3.97. The summed E-state index contributed by atoms with van der Waals surface area (Å²) in [6.45, 7) is 4.17. The lowest BCUT2D eigenvalue weighted by molar-refractivity contribution is -0.0356. The predicted molar refractivity (Wildman–Crippen MR) is 74.6 cm³/mol. The number of ether oxygens (including phenoxy) is 1. The average Bonchev–Trinajstić information content (AvgIpc) is 2.95. The summed E-state index contributed by atoms with van der Waals surface area (Å²) in [6.07, 6.45) is 5.47. The molecule has 0 aliphatic heterocycles. The van der Waals surface area contributed by atoms with E-state index in [2.05, 4.69) is 24.3 Å². The molecular weight excluding hydrogens is 246 g/mol. The highest BCUT2D eigenvalue weighted by Crippen LogP contribution is 2.37. The summed E-state index contributed by atoms with van der Waals surface area (Å²) in [4.78, 5) is 5.89. The lowest BCUT2D eigenvalue weighted by Gasteiger charge is -2.35. The van der Waals surface area contributed by atoms with Crippen molar-refractivity contribution in [2.45, 2.75) is 57.6 Å². The quantitative estimate of drug-likeness (QED) is 0.635. The number of aromatic nitrogens is 1. The summed E-state index contributed by atoms with van der Waals surface area (Å²) in [7, 11) is 1.80. The van der Waals surface area contributed by atoms with Crippen LogP contribution in [0.15, 0.2) is 0 Å². The number of thiazole rings is 1. The van der Waals surface area contributed by atoms with Crippen molar-refractivity contribution >= 4 is 11.3 Å². The van der Waals surface area contributed by atoms with E-state index in [0.717, 1.165) is 30.0 Å². The molecule has 2 rings (SSSR count). The molecule has 0 amide bonds. The number of aryl methyl sites for hydroxylation is 2. The fourth-order valence-corrected chi connectivity index (χ4v) is 3.85. The van der Waals surface area contributed by atoms with E-state index in [1.165, 1.54) is 17.7 Å². The van der Waals surface area contributed by atoms with Crippen molar-refractivity contribution in [2.75, 3.05) is 7.11 Å². The maximum Gasteiger partial charge on any atom is 0.0948 e. The predicted octanol–water partition coefficient (Wildman–Crippen LogP) is 2.09. The minimum absolute atomic E-state index is 0.109. The first-order chi connectivity index (χ1) is 8.61. The van der Waals surface area contributed by atoms with Gasteiger partial charge in [-0.25, -0.2) is 4.98 Å². The van der Waals surface area contributed by atoms with Crippen molar-refractivity contribution in [3.05, 3.63) is 15.6 Å². The van der Waals surface area contributed by atoms with Crippen LogP contribution in [0.3, 0.4) is 0 Å². The summed E-state index contributed by atoms with van der Waals surface area (Å²) in [5, 5.41) is 1.15. The topological polar surface area (TPSA) is 60.2 Å². The average molecular weight is 269 g/mol. The van der Waals surface area contributed by atoms with Crippen LogP contribution < -0.4 is 11.3 Å². The zero-order valence-corrected chi connectivity index (χ0v) is 12.3. The normalized spacial score (nSPS) is 20.2. The third-order valence-electron chi connectivity index (χ3n) is 4.14. The van der Waals surface area contributed by atoms with E-state index in [0.29, 0.717) is 0 Å². The number of nitrogens with two attached hydrogens (primary N) is 1. The number of hydrogen-bond donors (Lipinski definition) is 2. The van der Waals surface area contributed by atoms with Crippen molar-refractivity contribution in [1.82, 2.24) is 10.4 Å². The van der Waals surface area contributed by atoms with Gasteiger partial charge in [-0.15, -0.1) is 11.3 Å². The highest BCUT2D eigenvalue weighted by molar-refractivity contribution is 7.11. The second-order valence-electron chi connectivity index (χ2n) is 5.15. The standard InChI is InChI=1S/C13H23N3OS/c1-9-10(2)18-12(15-9)8-11(16-14)13(17-3)6-4-5-7-13/h11,16H,4-8,14H2,1-3H3. The van der Waals surface area contributed by atoms with Crippen LogP contribution in [0.4, 0.5) is 0 Å². The Morgan fingerprint density at radius 2 is 2.11 bits per heavy atom. The van der Waals surface area contributed by atoms with Gasteiger partial charge in [-0.2, -0.15) is 0 Å². The van der Waals surface area contributed by atoms with E-state index >= 15 is 0 Å². The molecule has 5 heteroatoms. The number of nitrogens with one attached hydrogen (secondary N) is 1. The van der Waals surface area contributed by atoms with Crippen LogP contribution in [0.5, 0.6) is 0 Å². The highest BCUT2D eigenvalue weighted by atomic mass is 32.1. The molecule has 0 radical (unpaired) electrons. The minimum atomic E-state index is -0.109. The monoisotopic (exact) mass is 269 g/mol. The van der Waals surface area contributed by atoms with Gasteiger partial charge in [0.1, 0.15) is 0 Å². The van der Waals surface area contributed by atoms with Crippen LogP contribution in [0, 0.1) is 13.8 Å². The molecule has 1 saturated carbocycles. The molecule has 0 bridgehead atoms. The summed E-state index contributed by atoms with van der Waals surface area (Å²) < 4.78 is 5.80. The number of rotatable bonds is 5. The third kappa shape index (κ3) is 2.59. The van der Waals surface area contributed by atoms with E-state index < -0.39 is 0 Å². The van der Waals surface area contributed by atoms with Crippen LogP contribution >= 0.6 is 11.3 Å². The molecule has 1 atom stereocenters. The molecule has 1 aromatic rings. The highest BCUT2D eigenvalue weighted by Gasteiger charge is 2.41. The first-order valence-electron chi connectivity index (χ1n) is 6.55. The maximum atomic E-state index is 5.80. The lowest BCUT2D eigenvalue weighted by atomic mass is 9.90. The number of nitrogens with zero attached hydrogens (tertiary/aromatic N) is 1. The van der Waals surface area contributed by atoms with Gasteiger partial charge in [0.25, 0.3) is 0 Å². The smallest absolute Gasteiger partial charge is 0.0948 e. The number of hydrogen-bond acceptors (Lipinski definition) is 5. The Morgan fingerprint density at radius 1 is 1.44 bits per heavy atom. The maximum absolute atomic E-state index is 5.80. The molecule has 3 N–H and O–H groups in total.